The highest BCUT2D eigenvalue weighted by molar-refractivity contribution is 6.08. The number of aromatic nitrogens is 2. The van der Waals surface area contributed by atoms with Gasteiger partial charge in [0.25, 0.3) is 0 Å². The van der Waals surface area contributed by atoms with Crippen LogP contribution in [0, 0.1) is 6.92 Å². The number of fused-ring (bicyclic) bond motifs is 3. The minimum Gasteiger partial charge on any atom is -0.496 e. The number of esters is 1. The second kappa shape index (κ2) is 7.99. The van der Waals surface area contributed by atoms with Gasteiger partial charge in [0.2, 0.25) is 0 Å². The number of carbonyl (C=O) groups is 1. The van der Waals surface area contributed by atoms with Crippen LogP contribution < -0.4 is 10.5 Å². The Kier molecular flexibility index (Phi) is 5.23. The Morgan fingerprint density at radius 2 is 1.87 bits per heavy atom. The first-order valence-electron chi connectivity index (χ1n) is 9.70. The first-order chi connectivity index (χ1) is 14.5. The van der Waals surface area contributed by atoms with E-state index in [1.165, 1.54) is 7.11 Å². The van der Waals surface area contributed by atoms with Gasteiger partial charge >= 0.3 is 5.97 Å². The van der Waals surface area contributed by atoms with Crippen molar-refractivity contribution >= 4 is 33.6 Å². The molecule has 0 aliphatic heterocycles. The SMILES string of the molecule is COC(=O)c1ccc(CCc2cnc3c(N)nc4cc(C)ccc4c3c2)c(OC)c1. The quantitative estimate of drug-likeness (QED) is 0.397. The lowest BCUT2D eigenvalue weighted by atomic mass is 10.0. The molecule has 0 bridgehead atoms. The number of anilines is 1. The van der Waals surface area contributed by atoms with Crippen LogP contribution >= 0.6 is 0 Å². The Morgan fingerprint density at radius 3 is 2.63 bits per heavy atom. The van der Waals surface area contributed by atoms with E-state index in [1.54, 1.807) is 19.2 Å². The van der Waals surface area contributed by atoms with Gasteiger partial charge < -0.3 is 15.2 Å². The van der Waals surface area contributed by atoms with Crippen molar-refractivity contribution in [1.29, 1.82) is 0 Å². The Balaban J connectivity index is 1.66. The zero-order chi connectivity index (χ0) is 21.3. The van der Waals surface area contributed by atoms with Crippen molar-refractivity contribution in [2.45, 2.75) is 19.8 Å². The van der Waals surface area contributed by atoms with Crippen LogP contribution in [0.1, 0.15) is 27.0 Å². The second-order valence-corrected chi connectivity index (χ2v) is 7.28. The van der Waals surface area contributed by atoms with Gasteiger partial charge in [-0.25, -0.2) is 9.78 Å². The minimum absolute atomic E-state index is 0.383. The summed E-state index contributed by atoms with van der Waals surface area (Å²) in [7, 11) is 2.96. The molecule has 2 aromatic carbocycles. The van der Waals surface area contributed by atoms with Crippen molar-refractivity contribution in [3.05, 3.63) is 70.9 Å². The van der Waals surface area contributed by atoms with Crippen LogP contribution in [-0.2, 0) is 17.6 Å². The number of rotatable bonds is 5. The Labute approximate surface area is 174 Å². The highest BCUT2D eigenvalue weighted by Crippen LogP contribution is 2.29. The molecule has 0 aliphatic carbocycles. The van der Waals surface area contributed by atoms with E-state index in [-0.39, 0.29) is 5.97 Å². The standard InChI is InChI=1S/C24H23N3O3/c1-14-4-9-18-19-11-15(13-26-22(19)23(25)27-20(18)10-14)5-6-16-7-8-17(24(28)30-3)12-21(16)29-2/h4,7-13H,5-6H2,1-3H3,(H2,25,27). The summed E-state index contributed by atoms with van der Waals surface area (Å²) in [6.45, 7) is 2.04. The van der Waals surface area contributed by atoms with Gasteiger partial charge in [0.15, 0.2) is 5.82 Å². The maximum atomic E-state index is 11.8. The van der Waals surface area contributed by atoms with E-state index < -0.39 is 0 Å². The first-order valence-corrected chi connectivity index (χ1v) is 9.70. The van der Waals surface area contributed by atoms with Gasteiger partial charge in [-0.3, -0.25) is 4.98 Å². The third-order valence-electron chi connectivity index (χ3n) is 5.26. The molecular formula is C24H23N3O3. The van der Waals surface area contributed by atoms with Gasteiger partial charge in [0.05, 0.1) is 25.3 Å². The molecule has 4 aromatic rings. The van der Waals surface area contributed by atoms with Gasteiger partial charge in [-0.1, -0.05) is 18.2 Å². The van der Waals surface area contributed by atoms with Crippen LogP contribution in [0.3, 0.4) is 0 Å². The predicted molar refractivity (Wildman–Crippen MR) is 118 cm³/mol. The van der Waals surface area contributed by atoms with Crippen LogP contribution in [-0.4, -0.2) is 30.2 Å². The maximum Gasteiger partial charge on any atom is 0.337 e. The molecule has 0 fully saturated rings. The highest BCUT2D eigenvalue weighted by Gasteiger charge is 2.12. The van der Waals surface area contributed by atoms with E-state index in [2.05, 4.69) is 28.2 Å². The molecule has 4 rings (SSSR count). The summed E-state index contributed by atoms with van der Waals surface area (Å²) in [6.07, 6.45) is 3.36. The van der Waals surface area contributed by atoms with E-state index in [0.717, 1.165) is 51.3 Å². The highest BCUT2D eigenvalue weighted by atomic mass is 16.5. The van der Waals surface area contributed by atoms with Crippen LogP contribution in [0.15, 0.2) is 48.7 Å². The molecule has 0 radical (unpaired) electrons. The number of aryl methyl sites for hydroxylation is 3. The molecule has 0 aliphatic rings. The lowest BCUT2D eigenvalue weighted by Crippen LogP contribution is -2.03. The van der Waals surface area contributed by atoms with Crippen molar-refractivity contribution in [3.63, 3.8) is 0 Å². The Bertz CT molecular complexity index is 1270. The molecule has 0 saturated carbocycles. The molecule has 0 spiro atoms. The monoisotopic (exact) mass is 401 g/mol. The maximum absolute atomic E-state index is 11.8. The Hall–Kier alpha value is -3.67. The molecule has 30 heavy (non-hydrogen) atoms. The fourth-order valence-corrected chi connectivity index (χ4v) is 3.67. The van der Waals surface area contributed by atoms with Crippen molar-refractivity contribution in [1.82, 2.24) is 9.97 Å². The van der Waals surface area contributed by atoms with Crippen molar-refractivity contribution in [3.8, 4) is 5.75 Å². The summed E-state index contributed by atoms with van der Waals surface area (Å²) in [5, 5.41) is 2.04. The average Bonchev–Trinajstić information content (AvgIpc) is 2.76. The fourth-order valence-electron chi connectivity index (χ4n) is 3.67. The van der Waals surface area contributed by atoms with Crippen molar-refractivity contribution < 1.29 is 14.3 Å². The van der Waals surface area contributed by atoms with Gasteiger partial charge in [0, 0.05) is 17.0 Å². The molecule has 0 amide bonds. The number of pyridine rings is 2. The number of hydrogen-bond donors (Lipinski definition) is 1. The van der Waals surface area contributed by atoms with Crippen LogP contribution in [0.2, 0.25) is 0 Å². The molecule has 0 unspecified atom stereocenters. The predicted octanol–water partition coefficient (Wildman–Crippen LogP) is 4.25. The summed E-state index contributed by atoms with van der Waals surface area (Å²) >= 11 is 0. The first kappa shape index (κ1) is 19.6. The number of nitrogens with zero attached hydrogens (tertiary/aromatic N) is 2. The summed E-state index contributed by atoms with van der Waals surface area (Å²) in [6, 6.07) is 13.7. The van der Waals surface area contributed by atoms with E-state index in [4.69, 9.17) is 15.2 Å². The van der Waals surface area contributed by atoms with Gasteiger partial charge in [-0.15, -0.1) is 0 Å². The van der Waals surface area contributed by atoms with Crippen LogP contribution in [0.4, 0.5) is 5.82 Å². The molecule has 2 N–H and O–H groups in total. The van der Waals surface area contributed by atoms with E-state index in [0.29, 0.717) is 17.1 Å². The third kappa shape index (κ3) is 3.64. The summed E-state index contributed by atoms with van der Waals surface area (Å²) in [4.78, 5) is 20.8. The summed E-state index contributed by atoms with van der Waals surface area (Å²) < 4.78 is 10.3. The second-order valence-electron chi connectivity index (χ2n) is 7.28. The third-order valence-corrected chi connectivity index (χ3v) is 5.26. The van der Waals surface area contributed by atoms with Crippen LogP contribution in [0.25, 0.3) is 21.8 Å². The van der Waals surface area contributed by atoms with Crippen molar-refractivity contribution in [2.75, 3.05) is 20.0 Å². The van der Waals surface area contributed by atoms with E-state index in [9.17, 15) is 4.79 Å². The minimum atomic E-state index is -0.383. The van der Waals surface area contributed by atoms with Crippen molar-refractivity contribution in [2.24, 2.45) is 0 Å². The largest absolute Gasteiger partial charge is 0.496 e. The lowest BCUT2D eigenvalue weighted by molar-refractivity contribution is 0.0600. The summed E-state index contributed by atoms with van der Waals surface area (Å²) in [5.41, 5.74) is 11.5. The molecule has 6 nitrogen and oxygen atoms in total. The number of nitrogen functional groups attached to an aromatic ring is 1. The normalized spacial score (nSPS) is 11.0. The van der Waals surface area contributed by atoms with Gasteiger partial charge in [0.1, 0.15) is 11.3 Å². The molecule has 2 heterocycles. The lowest BCUT2D eigenvalue weighted by Gasteiger charge is -2.11. The van der Waals surface area contributed by atoms with Gasteiger partial charge in [-0.2, -0.15) is 0 Å². The zero-order valence-corrected chi connectivity index (χ0v) is 17.2. The molecule has 2 aromatic heterocycles. The number of ether oxygens (including phenoxy) is 2. The molecule has 0 saturated heterocycles. The molecule has 6 heteroatoms. The number of carbonyl (C=O) groups excluding carboxylic acids is 1. The summed E-state index contributed by atoms with van der Waals surface area (Å²) in [5.74, 6) is 0.725. The number of hydrogen-bond acceptors (Lipinski definition) is 6. The van der Waals surface area contributed by atoms with Crippen LogP contribution in [0.5, 0.6) is 5.75 Å². The van der Waals surface area contributed by atoms with E-state index in [1.807, 2.05) is 25.3 Å². The van der Waals surface area contributed by atoms with Gasteiger partial charge in [-0.05, 0) is 60.7 Å². The molecular weight excluding hydrogens is 378 g/mol. The topological polar surface area (TPSA) is 87.3 Å². The zero-order valence-electron chi connectivity index (χ0n) is 17.2. The molecule has 152 valence electrons. The van der Waals surface area contributed by atoms with E-state index >= 15 is 0 Å². The smallest absolute Gasteiger partial charge is 0.337 e. The average molecular weight is 401 g/mol. The molecule has 0 atom stereocenters. The number of methoxy groups -OCH3 is 2. The Morgan fingerprint density at radius 1 is 1.03 bits per heavy atom. The number of nitrogens with two attached hydrogens (primary N) is 1. The number of benzene rings is 2. The fraction of sp³-hybridized carbons (Fsp3) is 0.208.